The number of hydrogen-bond donors (Lipinski definition) is 1. The van der Waals surface area contributed by atoms with Gasteiger partial charge in [0.25, 0.3) is 0 Å². The van der Waals surface area contributed by atoms with Crippen molar-refractivity contribution in [1.82, 2.24) is 4.57 Å². The first kappa shape index (κ1) is 13.7. The Labute approximate surface area is 113 Å². The molecule has 0 fully saturated rings. The van der Waals surface area contributed by atoms with Gasteiger partial charge in [-0.2, -0.15) is 0 Å². The minimum Gasteiger partial charge on any atom is -0.478 e. The molecule has 0 aliphatic carbocycles. The van der Waals surface area contributed by atoms with E-state index in [4.69, 9.17) is 0 Å². The standard InChI is InChI=1S/C16H21NO2/c1-4-6-7-17-10-12(5-2)14-9-13(16(18)19)11(3)8-15(14)17/h8-10H,4-7H2,1-3H3,(H,18,19). The van der Waals surface area contributed by atoms with E-state index < -0.39 is 5.97 Å². The fourth-order valence-electron chi connectivity index (χ4n) is 2.54. The number of rotatable bonds is 5. The van der Waals surface area contributed by atoms with Gasteiger partial charge in [0, 0.05) is 23.6 Å². The molecule has 1 aromatic heterocycles. The molecule has 1 aromatic carbocycles. The molecule has 0 saturated carbocycles. The topological polar surface area (TPSA) is 42.2 Å². The number of fused-ring (bicyclic) bond motifs is 1. The summed E-state index contributed by atoms with van der Waals surface area (Å²) in [6.45, 7) is 7.16. The predicted octanol–water partition coefficient (Wildman–Crippen LogP) is 4.01. The van der Waals surface area contributed by atoms with Gasteiger partial charge in [-0.1, -0.05) is 20.3 Å². The number of benzene rings is 1. The molecule has 19 heavy (non-hydrogen) atoms. The maximum absolute atomic E-state index is 11.2. The third-order valence-corrected chi connectivity index (χ3v) is 3.67. The summed E-state index contributed by atoms with van der Waals surface area (Å²) >= 11 is 0. The number of nitrogens with zero attached hydrogens (tertiary/aromatic N) is 1. The molecule has 3 nitrogen and oxygen atoms in total. The van der Waals surface area contributed by atoms with Gasteiger partial charge in [0.1, 0.15) is 0 Å². The Kier molecular flexibility index (Phi) is 3.93. The summed E-state index contributed by atoms with van der Waals surface area (Å²) in [5.74, 6) is -0.845. The van der Waals surface area contributed by atoms with Gasteiger partial charge in [0.05, 0.1) is 5.56 Å². The van der Waals surface area contributed by atoms with Gasteiger partial charge in [-0.05, 0) is 43.0 Å². The Morgan fingerprint density at radius 2 is 2.05 bits per heavy atom. The zero-order valence-corrected chi connectivity index (χ0v) is 11.9. The first-order valence-electron chi connectivity index (χ1n) is 6.94. The van der Waals surface area contributed by atoms with Crippen LogP contribution in [0.1, 0.15) is 48.2 Å². The largest absolute Gasteiger partial charge is 0.478 e. The number of carboxylic acid groups (broad SMARTS) is 1. The Balaban J connectivity index is 2.62. The van der Waals surface area contributed by atoms with Crippen molar-refractivity contribution in [2.75, 3.05) is 0 Å². The van der Waals surface area contributed by atoms with Crippen LogP contribution in [0.2, 0.25) is 0 Å². The maximum Gasteiger partial charge on any atom is 0.335 e. The van der Waals surface area contributed by atoms with Gasteiger partial charge < -0.3 is 9.67 Å². The molecule has 0 aliphatic heterocycles. The lowest BCUT2D eigenvalue weighted by Gasteiger charge is -2.06. The van der Waals surface area contributed by atoms with E-state index in [1.165, 1.54) is 5.56 Å². The van der Waals surface area contributed by atoms with Crippen molar-refractivity contribution in [3.05, 3.63) is 35.0 Å². The molecule has 2 aromatic rings. The summed E-state index contributed by atoms with van der Waals surface area (Å²) in [7, 11) is 0. The van der Waals surface area contributed by atoms with Crippen LogP contribution in [0.5, 0.6) is 0 Å². The molecule has 0 spiro atoms. The predicted molar refractivity (Wildman–Crippen MR) is 77.9 cm³/mol. The van der Waals surface area contributed by atoms with Gasteiger partial charge in [-0.25, -0.2) is 4.79 Å². The highest BCUT2D eigenvalue weighted by Gasteiger charge is 2.13. The first-order chi connectivity index (χ1) is 9.08. The second-order valence-electron chi connectivity index (χ2n) is 5.04. The number of hydrogen-bond acceptors (Lipinski definition) is 1. The van der Waals surface area contributed by atoms with E-state index in [0.717, 1.165) is 42.3 Å². The molecule has 0 saturated heterocycles. The van der Waals surface area contributed by atoms with Gasteiger partial charge in [0.2, 0.25) is 0 Å². The third kappa shape index (κ3) is 2.50. The zero-order chi connectivity index (χ0) is 14.0. The maximum atomic E-state index is 11.2. The second kappa shape index (κ2) is 5.47. The molecule has 0 unspecified atom stereocenters. The fourth-order valence-corrected chi connectivity index (χ4v) is 2.54. The normalized spacial score (nSPS) is 11.1. The molecule has 1 heterocycles. The van der Waals surface area contributed by atoms with E-state index in [-0.39, 0.29) is 0 Å². The second-order valence-corrected chi connectivity index (χ2v) is 5.04. The lowest BCUT2D eigenvalue weighted by atomic mass is 10.0. The SMILES string of the molecule is CCCCn1cc(CC)c2cc(C(=O)O)c(C)cc21. The van der Waals surface area contributed by atoms with Crippen molar-refractivity contribution in [3.8, 4) is 0 Å². The van der Waals surface area contributed by atoms with Crippen molar-refractivity contribution in [2.24, 2.45) is 0 Å². The van der Waals surface area contributed by atoms with E-state index in [2.05, 4.69) is 24.6 Å². The van der Waals surface area contributed by atoms with Crippen LogP contribution >= 0.6 is 0 Å². The Morgan fingerprint density at radius 1 is 1.32 bits per heavy atom. The van der Waals surface area contributed by atoms with Crippen LogP contribution in [0.15, 0.2) is 18.3 Å². The summed E-state index contributed by atoms with van der Waals surface area (Å²) in [5.41, 5.74) is 3.63. The number of carboxylic acids is 1. The number of carbonyl (C=O) groups is 1. The molecule has 3 heteroatoms. The molecular formula is C16H21NO2. The van der Waals surface area contributed by atoms with Gasteiger partial charge in [-0.15, -0.1) is 0 Å². The summed E-state index contributed by atoms with van der Waals surface area (Å²) in [6, 6.07) is 3.84. The average Bonchev–Trinajstić information content (AvgIpc) is 2.72. The summed E-state index contributed by atoms with van der Waals surface area (Å²) < 4.78 is 2.26. The smallest absolute Gasteiger partial charge is 0.335 e. The molecule has 102 valence electrons. The van der Waals surface area contributed by atoms with Crippen LogP contribution in [-0.2, 0) is 13.0 Å². The monoisotopic (exact) mass is 259 g/mol. The molecule has 0 aliphatic rings. The summed E-state index contributed by atoms with van der Waals surface area (Å²) in [4.78, 5) is 11.2. The molecule has 0 atom stereocenters. The number of aryl methyl sites for hydroxylation is 3. The van der Waals surface area contributed by atoms with Crippen molar-refractivity contribution >= 4 is 16.9 Å². The van der Waals surface area contributed by atoms with Crippen LogP contribution in [0.4, 0.5) is 0 Å². The highest BCUT2D eigenvalue weighted by molar-refractivity contribution is 5.96. The van der Waals surface area contributed by atoms with Crippen LogP contribution in [0.3, 0.4) is 0 Å². The molecule has 0 amide bonds. The highest BCUT2D eigenvalue weighted by atomic mass is 16.4. The lowest BCUT2D eigenvalue weighted by Crippen LogP contribution is -2.01. The number of unbranched alkanes of at least 4 members (excludes halogenated alkanes) is 1. The molecule has 1 N–H and O–H groups in total. The van der Waals surface area contributed by atoms with Gasteiger partial charge in [-0.3, -0.25) is 0 Å². The molecule has 0 bridgehead atoms. The molecular weight excluding hydrogens is 238 g/mol. The van der Waals surface area contributed by atoms with Crippen LogP contribution in [-0.4, -0.2) is 15.6 Å². The Bertz CT molecular complexity index is 611. The Morgan fingerprint density at radius 3 is 2.63 bits per heavy atom. The van der Waals surface area contributed by atoms with Crippen molar-refractivity contribution < 1.29 is 9.90 Å². The fraction of sp³-hybridized carbons (Fsp3) is 0.438. The van der Waals surface area contributed by atoms with Crippen molar-refractivity contribution in [3.63, 3.8) is 0 Å². The highest BCUT2D eigenvalue weighted by Crippen LogP contribution is 2.26. The van der Waals surface area contributed by atoms with Crippen LogP contribution in [0.25, 0.3) is 10.9 Å². The zero-order valence-electron chi connectivity index (χ0n) is 11.9. The quantitative estimate of drug-likeness (QED) is 0.881. The summed E-state index contributed by atoms with van der Waals surface area (Å²) in [5, 5.41) is 10.3. The van der Waals surface area contributed by atoms with Crippen molar-refractivity contribution in [2.45, 2.75) is 46.6 Å². The summed E-state index contributed by atoms with van der Waals surface area (Å²) in [6.07, 6.45) is 5.41. The van der Waals surface area contributed by atoms with E-state index >= 15 is 0 Å². The van der Waals surface area contributed by atoms with E-state index in [1.807, 2.05) is 19.1 Å². The van der Waals surface area contributed by atoms with Crippen LogP contribution in [0, 0.1) is 6.92 Å². The minimum absolute atomic E-state index is 0.412. The van der Waals surface area contributed by atoms with E-state index in [1.54, 1.807) is 0 Å². The average molecular weight is 259 g/mol. The minimum atomic E-state index is -0.845. The van der Waals surface area contributed by atoms with E-state index in [0.29, 0.717) is 5.56 Å². The molecule has 0 radical (unpaired) electrons. The Hall–Kier alpha value is -1.77. The number of aromatic nitrogens is 1. The van der Waals surface area contributed by atoms with E-state index in [9.17, 15) is 9.90 Å². The molecule has 2 rings (SSSR count). The van der Waals surface area contributed by atoms with Gasteiger partial charge >= 0.3 is 5.97 Å². The lowest BCUT2D eigenvalue weighted by molar-refractivity contribution is 0.0696. The van der Waals surface area contributed by atoms with Crippen LogP contribution < -0.4 is 0 Å². The number of aromatic carboxylic acids is 1. The van der Waals surface area contributed by atoms with Gasteiger partial charge in [0.15, 0.2) is 0 Å². The van der Waals surface area contributed by atoms with Crippen molar-refractivity contribution in [1.29, 1.82) is 0 Å². The first-order valence-corrected chi connectivity index (χ1v) is 6.94. The third-order valence-electron chi connectivity index (χ3n) is 3.67.